The molecule has 0 heterocycles. The lowest BCUT2D eigenvalue weighted by molar-refractivity contribution is 0.480. The van der Waals surface area contributed by atoms with Crippen molar-refractivity contribution >= 4 is 15.9 Å². The number of benzene rings is 2. The monoisotopic (exact) mass is 316 g/mol. The normalized spacial score (nSPS) is 9.95. The molecule has 2 N–H and O–H groups in total. The first-order valence-electron chi connectivity index (χ1n) is 5.90. The van der Waals surface area contributed by atoms with Crippen LogP contribution in [-0.2, 0) is 6.42 Å². The van der Waals surface area contributed by atoms with E-state index in [1.54, 1.807) is 6.07 Å². The van der Waals surface area contributed by atoms with E-state index in [-0.39, 0.29) is 0 Å². The lowest BCUT2D eigenvalue weighted by Gasteiger charge is -2.09. The van der Waals surface area contributed by atoms with Crippen LogP contribution in [0.4, 0.5) is 0 Å². The molecule has 0 aliphatic carbocycles. The molecule has 4 heteroatoms. The fourth-order valence-electron chi connectivity index (χ4n) is 1.72. The smallest absolute Gasteiger partial charge is 0.146 e. The quantitative estimate of drug-likeness (QED) is 0.937. The minimum Gasteiger partial charge on any atom is -0.456 e. The summed E-state index contributed by atoms with van der Waals surface area (Å²) in [6.07, 6.45) is 0.848. The number of nitrogens with zero attached hydrogens (tertiary/aromatic N) is 1. The van der Waals surface area contributed by atoms with Crippen molar-refractivity contribution in [1.82, 2.24) is 0 Å². The molecule has 0 amide bonds. The molecule has 0 radical (unpaired) electrons. The van der Waals surface area contributed by atoms with Gasteiger partial charge in [-0.15, -0.1) is 0 Å². The molecule has 0 atom stereocenters. The number of nitriles is 1. The Morgan fingerprint density at radius 3 is 2.53 bits per heavy atom. The van der Waals surface area contributed by atoms with Crippen molar-refractivity contribution in [3.63, 3.8) is 0 Å². The molecular weight excluding hydrogens is 304 g/mol. The van der Waals surface area contributed by atoms with Crippen molar-refractivity contribution in [3.8, 4) is 17.6 Å². The number of halogens is 1. The van der Waals surface area contributed by atoms with Crippen molar-refractivity contribution in [1.29, 1.82) is 5.26 Å². The summed E-state index contributed by atoms with van der Waals surface area (Å²) in [5.41, 5.74) is 7.17. The van der Waals surface area contributed by atoms with Gasteiger partial charge in [0.1, 0.15) is 23.1 Å². The van der Waals surface area contributed by atoms with Gasteiger partial charge in [0.15, 0.2) is 0 Å². The molecule has 0 saturated heterocycles. The molecule has 2 aromatic rings. The Morgan fingerprint density at radius 2 is 1.89 bits per heavy atom. The van der Waals surface area contributed by atoms with Crippen molar-refractivity contribution in [3.05, 3.63) is 58.1 Å². The van der Waals surface area contributed by atoms with Crippen molar-refractivity contribution in [2.45, 2.75) is 6.42 Å². The van der Waals surface area contributed by atoms with Gasteiger partial charge in [-0.3, -0.25) is 0 Å². The summed E-state index contributed by atoms with van der Waals surface area (Å²) in [6.45, 7) is 0.629. The first kappa shape index (κ1) is 13.6. The van der Waals surface area contributed by atoms with E-state index in [1.807, 2.05) is 36.4 Å². The third kappa shape index (κ3) is 3.34. The van der Waals surface area contributed by atoms with E-state index < -0.39 is 0 Å². The minimum atomic E-state index is 0.494. The lowest BCUT2D eigenvalue weighted by atomic mass is 10.1. The molecule has 2 aromatic carbocycles. The van der Waals surface area contributed by atoms with E-state index in [4.69, 9.17) is 15.7 Å². The largest absolute Gasteiger partial charge is 0.456 e. The molecule has 0 fully saturated rings. The number of ether oxygens (including phenoxy) is 1. The molecular formula is C15H13BrN2O. The highest BCUT2D eigenvalue weighted by Crippen LogP contribution is 2.30. The molecule has 0 aromatic heterocycles. The summed E-state index contributed by atoms with van der Waals surface area (Å²) in [5, 5.41) is 9.12. The van der Waals surface area contributed by atoms with Gasteiger partial charge in [-0.2, -0.15) is 5.26 Å². The Kier molecular flexibility index (Phi) is 4.56. The van der Waals surface area contributed by atoms with E-state index in [0.717, 1.165) is 10.9 Å². The Labute approximate surface area is 120 Å². The van der Waals surface area contributed by atoms with Gasteiger partial charge in [-0.1, -0.05) is 18.2 Å². The van der Waals surface area contributed by atoms with Crippen molar-refractivity contribution < 1.29 is 4.74 Å². The van der Waals surface area contributed by atoms with Crippen LogP contribution in [0.5, 0.6) is 11.5 Å². The van der Waals surface area contributed by atoms with Crippen LogP contribution in [0, 0.1) is 11.3 Å². The third-order valence-corrected chi connectivity index (χ3v) is 3.33. The Bertz CT molecular complexity index is 603. The minimum absolute atomic E-state index is 0.494. The Morgan fingerprint density at radius 1 is 1.16 bits per heavy atom. The molecule has 96 valence electrons. The zero-order chi connectivity index (χ0) is 13.7. The maximum atomic E-state index is 9.12. The fourth-order valence-corrected chi connectivity index (χ4v) is 2.15. The van der Waals surface area contributed by atoms with Crippen molar-refractivity contribution in [2.24, 2.45) is 5.73 Å². The second-order valence-electron chi connectivity index (χ2n) is 4.01. The first-order valence-corrected chi connectivity index (χ1v) is 6.69. The SMILES string of the molecule is N#Cc1c(Br)cccc1Oc1ccc(CCN)cc1. The van der Waals surface area contributed by atoms with Gasteiger partial charge >= 0.3 is 0 Å². The zero-order valence-electron chi connectivity index (χ0n) is 10.3. The van der Waals surface area contributed by atoms with Gasteiger partial charge in [0, 0.05) is 4.47 Å². The second kappa shape index (κ2) is 6.37. The zero-order valence-corrected chi connectivity index (χ0v) is 11.9. The fraction of sp³-hybridized carbons (Fsp3) is 0.133. The number of rotatable bonds is 4. The highest BCUT2D eigenvalue weighted by molar-refractivity contribution is 9.10. The lowest BCUT2D eigenvalue weighted by Crippen LogP contribution is -2.02. The summed E-state index contributed by atoms with van der Waals surface area (Å²) in [5.74, 6) is 1.25. The summed E-state index contributed by atoms with van der Waals surface area (Å²) in [6, 6.07) is 15.3. The van der Waals surface area contributed by atoms with Crippen LogP contribution in [0.2, 0.25) is 0 Å². The number of nitrogens with two attached hydrogens (primary N) is 1. The predicted molar refractivity (Wildman–Crippen MR) is 78.1 cm³/mol. The molecule has 3 nitrogen and oxygen atoms in total. The van der Waals surface area contributed by atoms with Crippen LogP contribution < -0.4 is 10.5 Å². The van der Waals surface area contributed by atoms with E-state index in [9.17, 15) is 0 Å². The van der Waals surface area contributed by atoms with Gasteiger partial charge in [0.25, 0.3) is 0 Å². The topological polar surface area (TPSA) is 59.0 Å². The van der Waals surface area contributed by atoms with Crippen LogP contribution in [0.15, 0.2) is 46.9 Å². The average molecular weight is 317 g/mol. The molecule has 2 rings (SSSR count). The number of hydrogen-bond acceptors (Lipinski definition) is 3. The average Bonchev–Trinajstić information content (AvgIpc) is 2.42. The predicted octanol–water partition coefficient (Wildman–Crippen LogP) is 3.61. The summed E-state index contributed by atoms with van der Waals surface area (Å²) in [7, 11) is 0. The molecule has 0 saturated carbocycles. The standard InChI is InChI=1S/C15H13BrN2O/c16-14-2-1-3-15(13(14)10-18)19-12-6-4-11(5-7-12)8-9-17/h1-7H,8-9,17H2. The highest BCUT2D eigenvalue weighted by Gasteiger charge is 2.08. The van der Waals surface area contributed by atoms with E-state index in [0.29, 0.717) is 23.6 Å². The molecule has 19 heavy (non-hydrogen) atoms. The van der Waals surface area contributed by atoms with E-state index in [2.05, 4.69) is 22.0 Å². The van der Waals surface area contributed by atoms with E-state index in [1.165, 1.54) is 5.56 Å². The summed E-state index contributed by atoms with van der Waals surface area (Å²) >= 11 is 3.34. The van der Waals surface area contributed by atoms with Gasteiger partial charge in [-0.25, -0.2) is 0 Å². The third-order valence-electron chi connectivity index (χ3n) is 2.67. The Balaban J connectivity index is 2.22. The second-order valence-corrected chi connectivity index (χ2v) is 4.86. The van der Waals surface area contributed by atoms with Crippen LogP contribution in [0.3, 0.4) is 0 Å². The van der Waals surface area contributed by atoms with Crippen LogP contribution in [0.1, 0.15) is 11.1 Å². The maximum Gasteiger partial charge on any atom is 0.146 e. The van der Waals surface area contributed by atoms with Crippen LogP contribution in [0.25, 0.3) is 0 Å². The maximum absolute atomic E-state index is 9.12. The molecule has 0 unspecified atom stereocenters. The van der Waals surface area contributed by atoms with Crippen LogP contribution in [-0.4, -0.2) is 6.54 Å². The summed E-state index contributed by atoms with van der Waals surface area (Å²) in [4.78, 5) is 0. The van der Waals surface area contributed by atoms with Gasteiger partial charge in [0.05, 0.1) is 0 Å². The number of hydrogen-bond donors (Lipinski definition) is 1. The first-order chi connectivity index (χ1) is 9.24. The van der Waals surface area contributed by atoms with E-state index >= 15 is 0 Å². The van der Waals surface area contributed by atoms with Gasteiger partial charge in [-0.05, 0) is 58.7 Å². The highest BCUT2D eigenvalue weighted by atomic mass is 79.9. The molecule has 0 spiro atoms. The molecule has 0 bridgehead atoms. The van der Waals surface area contributed by atoms with Crippen molar-refractivity contribution in [2.75, 3.05) is 6.54 Å². The Hall–Kier alpha value is -1.83. The van der Waals surface area contributed by atoms with Gasteiger partial charge < -0.3 is 10.5 Å². The van der Waals surface area contributed by atoms with Crippen LogP contribution >= 0.6 is 15.9 Å². The van der Waals surface area contributed by atoms with Gasteiger partial charge in [0.2, 0.25) is 0 Å². The molecule has 0 aliphatic rings. The molecule has 0 aliphatic heterocycles. The summed E-state index contributed by atoms with van der Waals surface area (Å²) < 4.78 is 6.46.